The van der Waals surface area contributed by atoms with E-state index < -0.39 is 0 Å². The predicted octanol–water partition coefficient (Wildman–Crippen LogP) is 2.33. The Kier molecular flexibility index (Phi) is 4.00. The third-order valence-corrected chi connectivity index (χ3v) is 0.606. The molecule has 0 saturated carbocycles. The summed E-state index contributed by atoms with van der Waals surface area (Å²) in [6.07, 6.45) is 3.62. The van der Waals surface area contributed by atoms with Crippen molar-refractivity contribution in [3.63, 3.8) is 0 Å². The Morgan fingerprint density at radius 3 is 2.43 bits per heavy atom. The van der Waals surface area contributed by atoms with Gasteiger partial charge in [-0.25, -0.2) is 0 Å². The third-order valence-electron chi connectivity index (χ3n) is 0.402. The Balaban J connectivity index is 3.46. The number of aliphatic imine (C=N–C) groups is 1. The Morgan fingerprint density at radius 1 is 1.71 bits per heavy atom. The average Bonchev–Trinajstić information content (AvgIpc) is 1.61. The van der Waals surface area contributed by atoms with Gasteiger partial charge in [-0.1, -0.05) is 6.08 Å². The SMILES string of the molecule is C/C=C\N=C(/C)Br. The van der Waals surface area contributed by atoms with Crippen LogP contribution in [0.1, 0.15) is 13.8 Å². The van der Waals surface area contributed by atoms with Crippen LogP contribution in [-0.4, -0.2) is 4.62 Å². The zero-order chi connectivity index (χ0) is 5.70. The maximum absolute atomic E-state index is 3.90. The molecule has 0 atom stereocenters. The summed E-state index contributed by atoms with van der Waals surface area (Å²) >= 11 is 3.17. The van der Waals surface area contributed by atoms with Gasteiger partial charge >= 0.3 is 0 Å². The van der Waals surface area contributed by atoms with Crippen molar-refractivity contribution in [2.45, 2.75) is 13.8 Å². The monoisotopic (exact) mass is 161 g/mol. The summed E-state index contributed by atoms with van der Waals surface area (Å²) in [7, 11) is 0. The molecule has 0 aliphatic rings. The predicted molar refractivity (Wildman–Crippen MR) is 36.9 cm³/mol. The van der Waals surface area contributed by atoms with Crippen molar-refractivity contribution in [3.05, 3.63) is 12.3 Å². The van der Waals surface area contributed by atoms with Crippen LogP contribution in [0, 0.1) is 0 Å². The number of allylic oxidation sites excluding steroid dienone is 1. The van der Waals surface area contributed by atoms with Gasteiger partial charge in [-0.05, 0) is 29.8 Å². The second-order valence-corrected chi connectivity index (χ2v) is 2.26. The highest BCUT2D eigenvalue weighted by Crippen LogP contribution is 1.86. The van der Waals surface area contributed by atoms with Crippen LogP contribution < -0.4 is 0 Å². The zero-order valence-electron chi connectivity index (χ0n) is 4.48. The fraction of sp³-hybridized carbons (Fsp3) is 0.400. The fourth-order valence-corrected chi connectivity index (χ4v) is 0.295. The average molecular weight is 162 g/mol. The molecular formula is C5H8BrN. The smallest absolute Gasteiger partial charge is 0.0798 e. The minimum Gasteiger partial charge on any atom is -0.254 e. The summed E-state index contributed by atoms with van der Waals surface area (Å²) in [4.78, 5) is 3.90. The molecule has 0 unspecified atom stereocenters. The van der Waals surface area contributed by atoms with Gasteiger partial charge in [0.15, 0.2) is 0 Å². The second-order valence-electron chi connectivity index (χ2n) is 1.11. The molecule has 2 heteroatoms. The molecule has 0 amide bonds. The van der Waals surface area contributed by atoms with E-state index in [-0.39, 0.29) is 0 Å². The van der Waals surface area contributed by atoms with Crippen LogP contribution in [0.2, 0.25) is 0 Å². The number of hydrogen-bond acceptors (Lipinski definition) is 1. The van der Waals surface area contributed by atoms with Gasteiger partial charge in [-0.2, -0.15) is 0 Å². The minimum atomic E-state index is 0.908. The maximum Gasteiger partial charge on any atom is 0.0798 e. The van der Waals surface area contributed by atoms with Gasteiger partial charge in [0, 0.05) is 6.20 Å². The Hall–Kier alpha value is -0.110. The van der Waals surface area contributed by atoms with E-state index >= 15 is 0 Å². The van der Waals surface area contributed by atoms with Gasteiger partial charge in [0.25, 0.3) is 0 Å². The topological polar surface area (TPSA) is 12.4 Å². The van der Waals surface area contributed by atoms with Crippen molar-refractivity contribution in [1.82, 2.24) is 0 Å². The van der Waals surface area contributed by atoms with Crippen LogP contribution in [0.3, 0.4) is 0 Å². The summed E-state index contributed by atoms with van der Waals surface area (Å²) in [5.41, 5.74) is 0. The van der Waals surface area contributed by atoms with Gasteiger partial charge < -0.3 is 0 Å². The maximum atomic E-state index is 3.90. The van der Waals surface area contributed by atoms with E-state index in [0.717, 1.165) is 4.62 Å². The molecule has 0 saturated heterocycles. The van der Waals surface area contributed by atoms with Gasteiger partial charge in [-0.15, -0.1) is 0 Å². The van der Waals surface area contributed by atoms with Crippen molar-refractivity contribution >= 4 is 20.6 Å². The van der Waals surface area contributed by atoms with E-state index in [1.54, 1.807) is 6.20 Å². The number of hydrogen-bond donors (Lipinski definition) is 0. The summed E-state index contributed by atoms with van der Waals surface area (Å²) in [5.74, 6) is 0. The highest BCUT2D eigenvalue weighted by molar-refractivity contribution is 9.18. The number of nitrogens with zero attached hydrogens (tertiary/aromatic N) is 1. The molecule has 0 aliphatic carbocycles. The molecule has 0 aromatic heterocycles. The zero-order valence-corrected chi connectivity index (χ0v) is 6.07. The Morgan fingerprint density at radius 2 is 2.29 bits per heavy atom. The van der Waals surface area contributed by atoms with Crippen molar-refractivity contribution in [2.24, 2.45) is 4.99 Å². The summed E-state index contributed by atoms with van der Waals surface area (Å²) < 4.78 is 0.908. The van der Waals surface area contributed by atoms with Crippen LogP contribution in [0.4, 0.5) is 0 Å². The number of rotatable bonds is 1. The second kappa shape index (κ2) is 4.06. The molecule has 7 heavy (non-hydrogen) atoms. The van der Waals surface area contributed by atoms with Gasteiger partial charge in [0.2, 0.25) is 0 Å². The molecule has 0 N–H and O–H groups in total. The highest BCUT2D eigenvalue weighted by atomic mass is 79.9. The van der Waals surface area contributed by atoms with Crippen molar-refractivity contribution in [3.8, 4) is 0 Å². The quantitative estimate of drug-likeness (QED) is 0.524. The van der Waals surface area contributed by atoms with Gasteiger partial charge in [0.05, 0.1) is 4.62 Å². The lowest BCUT2D eigenvalue weighted by molar-refractivity contribution is 1.53. The highest BCUT2D eigenvalue weighted by Gasteiger charge is 1.69. The first kappa shape index (κ1) is 6.89. The lowest BCUT2D eigenvalue weighted by Crippen LogP contribution is -1.66. The van der Waals surface area contributed by atoms with Crippen LogP contribution in [-0.2, 0) is 0 Å². The first-order valence-corrected chi connectivity index (χ1v) is 2.87. The lowest BCUT2D eigenvalue weighted by atomic mass is 10.7. The lowest BCUT2D eigenvalue weighted by Gasteiger charge is -1.75. The largest absolute Gasteiger partial charge is 0.254 e. The van der Waals surface area contributed by atoms with E-state index in [1.807, 2.05) is 19.9 Å². The van der Waals surface area contributed by atoms with Crippen LogP contribution in [0.15, 0.2) is 17.3 Å². The third kappa shape index (κ3) is 5.89. The first-order valence-electron chi connectivity index (χ1n) is 2.08. The molecule has 1 nitrogen and oxygen atoms in total. The standard InChI is InChI=1S/C5H8BrN/c1-3-4-7-5(2)6/h3-4H,1-2H3/b4-3-,7-5+. The van der Waals surface area contributed by atoms with Crippen molar-refractivity contribution in [2.75, 3.05) is 0 Å². The van der Waals surface area contributed by atoms with E-state index in [2.05, 4.69) is 20.9 Å². The molecule has 0 heterocycles. The molecule has 0 rings (SSSR count). The van der Waals surface area contributed by atoms with E-state index in [1.165, 1.54) is 0 Å². The first-order chi connectivity index (χ1) is 3.27. The van der Waals surface area contributed by atoms with E-state index in [0.29, 0.717) is 0 Å². The van der Waals surface area contributed by atoms with Crippen molar-refractivity contribution in [1.29, 1.82) is 0 Å². The summed E-state index contributed by atoms with van der Waals surface area (Å²) in [5, 5.41) is 0. The molecule has 0 bridgehead atoms. The number of halogens is 1. The fourth-order valence-electron chi connectivity index (χ4n) is 0.177. The van der Waals surface area contributed by atoms with Crippen LogP contribution in [0.25, 0.3) is 0 Å². The molecular weight excluding hydrogens is 154 g/mol. The summed E-state index contributed by atoms with van der Waals surface area (Å²) in [6.45, 7) is 3.82. The molecule has 0 aromatic rings. The normalized spacial score (nSPS) is 13.3. The molecule has 0 aromatic carbocycles. The van der Waals surface area contributed by atoms with Crippen LogP contribution >= 0.6 is 15.9 Å². The molecule has 40 valence electrons. The molecule has 0 aliphatic heterocycles. The molecule has 0 fully saturated rings. The minimum absolute atomic E-state index is 0.908. The van der Waals surface area contributed by atoms with Gasteiger partial charge in [0.1, 0.15) is 0 Å². The van der Waals surface area contributed by atoms with E-state index in [9.17, 15) is 0 Å². The van der Waals surface area contributed by atoms with Crippen molar-refractivity contribution < 1.29 is 0 Å². The van der Waals surface area contributed by atoms with E-state index in [4.69, 9.17) is 0 Å². The molecule has 0 spiro atoms. The Bertz CT molecular complexity index is 90.3. The summed E-state index contributed by atoms with van der Waals surface area (Å²) in [6, 6.07) is 0. The molecule has 0 radical (unpaired) electrons. The Labute approximate surface area is 52.3 Å². The van der Waals surface area contributed by atoms with Gasteiger partial charge in [-0.3, -0.25) is 4.99 Å². The van der Waals surface area contributed by atoms with Crippen LogP contribution in [0.5, 0.6) is 0 Å².